The highest BCUT2D eigenvalue weighted by Gasteiger charge is 2.60. The molecule has 0 spiro atoms. The summed E-state index contributed by atoms with van der Waals surface area (Å²) in [6.45, 7) is 4.05. The largest absolute Gasteiger partial charge is 0.273 e. The summed E-state index contributed by atoms with van der Waals surface area (Å²) in [6, 6.07) is 18.5. The number of nitrogens with one attached hydrogen (secondary N) is 1. The number of benzene rings is 3. The van der Waals surface area contributed by atoms with Gasteiger partial charge in [-0.15, -0.1) is 0 Å². The van der Waals surface area contributed by atoms with E-state index in [9.17, 15) is 4.79 Å². The molecule has 0 aromatic heterocycles. The summed E-state index contributed by atoms with van der Waals surface area (Å²) in [7, 11) is 0. The zero-order chi connectivity index (χ0) is 19.9. The topological polar surface area (TPSA) is 41.5 Å². The van der Waals surface area contributed by atoms with Gasteiger partial charge in [0.2, 0.25) is 5.91 Å². The molecule has 1 aliphatic carbocycles. The van der Waals surface area contributed by atoms with Crippen molar-refractivity contribution in [3.63, 3.8) is 0 Å². The van der Waals surface area contributed by atoms with Gasteiger partial charge in [-0.3, -0.25) is 4.79 Å². The SMILES string of the molecule is CC1(C)C(C=C(Cl)Cl)C1C(=O)N/N=C\c1c2ccccc2cc2ccccc12. The average molecular weight is 411 g/mol. The van der Waals surface area contributed by atoms with Crippen LogP contribution in [0.1, 0.15) is 19.4 Å². The third kappa shape index (κ3) is 3.41. The fraction of sp³-hybridized carbons (Fsp3) is 0.217. The maximum atomic E-state index is 12.6. The van der Waals surface area contributed by atoms with Crippen molar-refractivity contribution < 1.29 is 4.79 Å². The van der Waals surface area contributed by atoms with Crippen LogP contribution < -0.4 is 5.43 Å². The Morgan fingerprint density at radius 3 is 2.18 bits per heavy atom. The molecule has 0 aliphatic heterocycles. The number of hydrazone groups is 1. The zero-order valence-electron chi connectivity index (χ0n) is 15.6. The van der Waals surface area contributed by atoms with E-state index in [0.717, 1.165) is 27.1 Å². The molecule has 3 nitrogen and oxygen atoms in total. The van der Waals surface area contributed by atoms with Crippen molar-refractivity contribution in [3.8, 4) is 0 Å². The molecule has 28 heavy (non-hydrogen) atoms. The van der Waals surface area contributed by atoms with Crippen molar-refractivity contribution in [2.24, 2.45) is 22.4 Å². The zero-order valence-corrected chi connectivity index (χ0v) is 17.1. The van der Waals surface area contributed by atoms with Gasteiger partial charge >= 0.3 is 0 Å². The molecule has 0 heterocycles. The Balaban J connectivity index is 1.62. The molecule has 1 N–H and O–H groups in total. The van der Waals surface area contributed by atoms with Gasteiger partial charge in [0.1, 0.15) is 4.49 Å². The number of nitrogens with zero attached hydrogens (tertiary/aromatic N) is 1. The molecule has 4 rings (SSSR count). The number of hydrogen-bond donors (Lipinski definition) is 1. The van der Waals surface area contributed by atoms with Crippen LogP contribution in [0.25, 0.3) is 21.5 Å². The van der Waals surface area contributed by atoms with E-state index >= 15 is 0 Å². The Labute approximate surface area is 174 Å². The summed E-state index contributed by atoms with van der Waals surface area (Å²) in [4.78, 5) is 12.6. The first-order valence-corrected chi connectivity index (χ1v) is 9.91. The molecule has 0 saturated heterocycles. The van der Waals surface area contributed by atoms with Crippen LogP contribution in [0.3, 0.4) is 0 Å². The first kappa shape index (κ1) is 19.0. The molecule has 1 amide bonds. The third-order valence-corrected chi connectivity index (χ3v) is 5.93. The van der Waals surface area contributed by atoms with Gasteiger partial charge in [0, 0.05) is 5.56 Å². The van der Waals surface area contributed by atoms with E-state index in [0.29, 0.717) is 0 Å². The number of amides is 1. The second kappa shape index (κ2) is 7.23. The minimum atomic E-state index is -0.193. The van der Waals surface area contributed by atoms with Crippen molar-refractivity contribution in [2.45, 2.75) is 13.8 Å². The highest BCUT2D eigenvalue weighted by molar-refractivity contribution is 6.55. The van der Waals surface area contributed by atoms with E-state index in [-0.39, 0.29) is 27.6 Å². The van der Waals surface area contributed by atoms with Gasteiger partial charge in [-0.1, -0.05) is 85.6 Å². The Kier molecular flexibility index (Phi) is 4.90. The number of halogens is 2. The fourth-order valence-electron chi connectivity index (χ4n) is 4.04. The third-order valence-electron chi connectivity index (χ3n) is 5.68. The number of allylic oxidation sites excluding steroid dienone is 1. The standard InChI is InChI=1S/C23H20Cl2N2O/c1-23(2)19(12-20(24)25)21(23)22(28)27-26-13-18-16-9-5-3-7-14(16)11-15-8-4-6-10-17(15)18/h3-13,19,21H,1-2H3,(H,27,28)/b26-13-. The number of carbonyl (C=O) groups excluding carboxylic acids is 1. The van der Waals surface area contributed by atoms with Crippen molar-refractivity contribution >= 4 is 56.9 Å². The quantitative estimate of drug-likeness (QED) is 0.318. The molecule has 3 aromatic rings. The molecule has 142 valence electrons. The smallest absolute Gasteiger partial charge is 0.244 e. The van der Waals surface area contributed by atoms with Gasteiger partial charge in [-0.25, -0.2) is 5.43 Å². The Morgan fingerprint density at radius 1 is 1.04 bits per heavy atom. The molecule has 2 unspecified atom stereocenters. The van der Waals surface area contributed by atoms with Crippen LogP contribution >= 0.6 is 23.2 Å². The molecular weight excluding hydrogens is 391 g/mol. The van der Waals surface area contributed by atoms with Gasteiger partial charge in [0.25, 0.3) is 0 Å². The van der Waals surface area contributed by atoms with E-state index in [4.69, 9.17) is 23.2 Å². The fourth-order valence-corrected chi connectivity index (χ4v) is 4.31. The predicted octanol–water partition coefficient (Wildman–Crippen LogP) is 6.03. The second-order valence-electron chi connectivity index (χ2n) is 7.75. The Hall–Kier alpha value is -2.36. The minimum absolute atomic E-state index is 0.0195. The summed E-state index contributed by atoms with van der Waals surface area (Å²) < 4.78 is 0.194. The minimum Gasteiger partial charge on any atom is -0.273 e. The van der Waals surface area contributed by atoms with Crippen molar-refractivity contribution in [3.05, 3.63) is 70.7 Å². The van der Waals surface area contributed by atoms with E-state index in [2.05, 4.69) is 40.9 Å². The molecule has 1 fully saturated rings. The normalized spacial score (nSPS) is 20.4. The van der Waals surface area contributed by atoms with Gasteiger partial charge in [-0.2, -0.15) is 5.10 Å². The predicted molar refractivity (Wildman–Crippen MR) is 118 cm³/mol. The molecule has 2 atom stereocenters. The van der Waals surface area contributed by atoms with E-state index in [1.807, 2.05) is 38.1 Å². The first-order chi connectivity index (χ1) is 13.4. The Morgan fingerprint density at radius 2 is 1.61 bits per heavy atom. The monoisotopic (exact) mass is 410 g/mol. The molecule has 0 radical (unpaired) electrons. The lowest BCUT2D eigenvalue weighted by Gasteiger charge is -2.08. The summed E-state index contributed by atoms with van der Waals surface area (Å²) >= 11 is 11.5. The van der Waals surface area contributed by atoms with Crippen LogP contribution in [0.4, 0.5) is 0 Å². The van der Waals surface area contributed by atoms with Crippen molar-refractivity contribution in [1.82, 2.24) is 5.43 Å². The van der Waals surface area contributed by atoms with Gasteiger partial charge in [-0.05, 0) is 45.0 Å². The number of rotatable bonds is 4. The summed E-state index contributed by atoms with van der Waals surface area (Å²) in [5, 5.41) is 8.74. The number of fused-ring (bicyclic) bond motifs is 2. The number of hydrogen-bond acceptors (Lipinski definition) is 2. The van der Waals surface area contributed by atoms with Gasteiger partial charge in [0.05, 0.1) is 12.1 Å². The molecule has 1 aliphatic rings. The van der Waals surface area contributed by atoms with E-state index in [1.54, 1.807) is 12.3 Å². The van der Waals surface area contributed by atoms with Crippen molar-refractivity contribution in [2.75, 3.05) is 0 Å². The lowest BCUT2D eigenvalue weighted by Crippen LogP contribution is -2.22. The van der Waals surface area contributed by atoms with E-state index < -0.39 is 0 Å². The van der Waals surface area contributed by atoms with Crippen LogP contribution in [-0.2, 0) is 4.79 Å². The maximum Gasteiger partial charge on any atom is 0.244 e. The van der Waals surface area contributed by atoms with Crippen LogP contribution in [-0.4, -0.2) is 12.1 Å². The lowest BCUT2D eigenvalue weighted by atomic mass is 9.97. The highest BCUT2D eigenvalue weighted by Crippen LogP contribution is 2.59. The average Bonchev–Trinajstić information content (AvgIpc) is 3.20. The highest BCUT2D eigenvalue weighted by atomic mass is 35.5. The van der Waals surface area contributed by atoms with Gasteiger partial charge in [0.15, 0.2) is 0 Å². The van der Waals surface area contributed by atoms with Gasteiger partial charge < -0.3 is 0 Å². The maximum absolute atomic E-state index is 12.6. The summed E-state index contributed by atoms with van der Waals surface area (Å²) in [5.41, 5.74) is 3.51. The second-order valence-corrected chi connectivity index (χ2v) is 8.76. The van der Waals surface area contributed by atoms with Crippen LogP contribution in [0, 0.1) is 17.3 Å². The van der Waals surface area contributed by atoms with E-state index in [1.165, 1.54) is 0 Å². The summed E-state index contributed by atoms with van der Waals surface area (Å²) in [6.07, 6.45) is 3.46. The molecule has 3 aromatic carbocycles. The molecular formula is C23H20Cl2N2O. The Bertz CT molecular complexity index is 1080. The lowest BCUT2D eigenvalue weighted by molar-refractivity contribution is -0.123. The molecule has 5 heteroatoms. The van der Waals surface area contributed by atoms with Crippen LogP contribution in [0.5, 0.6) is 0 Å². The van der Waals surface area contributed by atoms with Crippen LogP contribution in [0.2, 0.25) is 0 Å². The molecule has 0 bridgehead atoms. The number of carbonyl (C=O) groups is 1. The van der Waals surface area contributed by atoms with Crippen LogP contribution in [0.15, 0.2) is 70.3 Å². The molecule has 1 saturated carbocycles. The first-order valence-electron chi connectivity index (χ1n) is 9.16. The van der Waals surface area contributed by atoms with Crippen molar-refractivity contribution in [1.29, 1.82) is 0 Å². The summed E-state index contributed by atoms with van der Waals surface area (Å²) in [5.74, 6) is -0.297.